The van der Waals surface area contributed by atoms with Crippen LogP contribution in [-0.2, 0) is 4.74 Å². The standard InChI is InChI=1S/C19H14N2O4/c1-13-17(15(11-20)18(25-13)21-9-5-6-10-21)19(23)24-12-16(22)14-7-3-2-4-8-14/h2-10H,12H2,1H3. The fraction of sp³-hybridized carbons (Fsp3) is 0.105. The van der Waals surface area contributed by atoms with Gasteiger partial charge in [0.25, 0.3) is 0 Å². The molecule has 0 aliphatic rings. The normalized spacial score (nSPS) is 10.2. The highest BCUT2D eigenvalue weighted by molar-refractivity contribution is 6.00. The molecule has 0 fully saturated rings. The van der Waals surface area contributed by atoms with Crippen LogP contribution in [0.1, 0.15) is 32.0 Å². The number of nitrogens with zero attached hydrogens (tertiary/aromatic N) is 2. The molecule has 0 radical (unpaired) electrons. The third kappa shape index (κ3) is 3.21. The van der Waals surface area contributed by atoms with Gasteiger partial charge < -0.3 is 9.15 Å². The van der Waals surface area contributed by atoms with Crippen molar-refractivity contribution in [2.75, 3.05) is 6.61 Å². The van der Waals surface area contributed by atoms with Crippen LogP contribution in [0.3, 0.4) is 0 Å². The maximum atomic E-state index is 12.4. The minimum absolute atomic E-state index is 0.0343. The molecule has 0 aliphatic heterocycles. The van der Waals surface area contributed by atoms with Crippen LogP contribution in [0, 0.1) is 18.3 Å². The zero-order valence-corrected chi connectivity index (χ0v) is 13.4. The summed E-state index contributed by atoms with van der Waals surface area (Å²) in [5.41, 5.74) is 0.561. The van der Waals surface area contributed by atoms with Crippen molar-refractivity contribution in [3.63, 3.8) is 0 Å². The zero-order valence-electron chi connectivity index (χ0n) is 13.4. The highest BCUT2D eigenvalue weighted by Gasteiger charge is 2.26. The topological polar surface area (TPSA) is 85.2 Å². The number of rotatable bonds is 5. The summed E-state index contributed by atoms with van der Waals surface area (Å²) in [6.45, 7) is 1.17. The lowest BCUT2D eigenvalue weighted by Gasteiger charge is -2.04. The van der Waals surface area contributed by atoms with Gasteiger partial charge >= 0.3 is 5.97 Å². The van der Waals surface area contributed by atoms with Gasteiger partial charge in [0.05, 0.1) is 0 Å². The van der Waals surface area contributed by atoms with Gasteiger partial charge in [-0.1, -0.05) is 30.3 Å². The molecule has 0 atom stereocenters. The predicted molar refractivity (Wildman–Crippen MR) is 88.5 cm³/mol. The Hall–Kier alpha value is -3.59. The maximum absolute atomic E-state index is 12.4. The van der Waals surface area contributed by atoms with Crippen molar-refractivity contribution < 1.29 is 18.7 Å². The molecule has 0 amide bonds. The van der Waals surface area contributed by atoms with E-state index in [9.17, 15) is 14.9 Å². The van der Waals surface area contributed by atoms with E-state index in [2.05, 4.69) is 0 Å². The van der Waals surface area contributed by atoms with E-state index in [1.54, 1.807) is 66.3 Å². The number of ether oxygens (including phenoxy) is 1. The smallest absolute Gasteiger partial charge is 0.343 e. The SMILES string of the molecule is Cc1oc(-n2cccc2)c(C#N)c1C(=O)OCC(=O)c1ccccc1. The van der Waals surface area contributed by atoms with Gasteiger partial charge in [-0.15, -0.1) is 0 Å². The van der Waals surface area contributed by atoms with E-state index >= 15 is 0 Å². The van der Waals surface area contributed by atoms with Gasteiger partial charge in [-0.3, -0.25) is 9.36 Å². The Labute approximate surface area is 143 Å². The quantitative estimate of drug-likeness (QED) is 0.528. The number of aromatic nitrogens is 1. The van der Waals surface area contributed by atoms with E-state index < -0.39 is 12.6 Å². The Balaban J connectivity index is 1.81. The van der Waals surface area contributed by atoms with E-state index in [0.717, 1.165) is 0 Å². The van der Waals surface area contributed by atoms with Crippen LogP contribution < -0.4 is 0 Å². The van der Waals surface area contributed by atoms with Gasteiger partial charge in [0, 0.05) is 18.0 Å². The number of Topliss-reactive ketones (excluding diaryl/α,β-unsaturated/α-hetero) is 1. The first kappa shape index (κ1) is 16.3. The summed E-state index contributed by atoms with van der Waals surface area (Å²) in [4.78, 5) is 24.4. The molecular formula is C19H14N2O4. The van der Waals surface area contributed by atoms with Crippen LogP contribution in [0.15, 0.2) is 59.3 Å². The van der Waals surface area contributed by atoms with Crippen molar-refractivity contribution >= 4 is 11.8 Å². The molecule has 0 spiro atoms. The lowest BCUT2D eigenvalue weighted by Crippen LogP contribution is -2.15. The highest BCUT2D eigenvalue weighted by atomic mass is 16.5. The fourth-order valence-electron chi connectivity index (χ4n) is 2.44. The first-order valence-corrected chi connectivity index (χ1v) is 7.54. The number of furan rings is 1. The Kier molecular flexibility index (Phi) is 4.48. The van der Waals surface area contributed by atoms with Crippen molar-refractivity contribution in [2.24, 2.45) is 0 Å². The molecule has 2 aromatic heterocycles. The molecule has 0 aliphatic carbocycles. The Bertz CT molecular complexity index is 947. The molecule has 6 nitrogen and oxygen atoms in total. The number of nitriles is 1. The van der Waals surface area contributed by atoms with Gasteiger partial charge in [-0.2, -0.15) is 5.26 Å². The monoisotopic (exact) mass is 334 g/mol. The van der Waals surface area contributed by atoms with E-state index in [4.69, 9.17) is 9.15 Å². The van der Waals surface area contributed by atoms with Gasteiger partial charge in [-0.05, 0) is 19.1 Å². The van der Waals surface area contributed by atoms with Crippen LogP contribution in [0.4, 0.5) is 0 Å². The van der Waals surface area contributed by atoms with Crippen LogP contribution in [-0.4, -0.2) is 22.9 Å². The molecule has 25 heavy (non-hydrogen) atoms. The van der Waals surface area contributed by atoms with E-state index in [1.807, 2.05) is 6.07 Å². The largest absolute Gasteiger partial charge is 0.454 e. The Morgan fingerprint density at radius 1 is 1.16 bits per heavy atom. The number of aryl methyl sites for hydroxylation is 1. The third-order valence-electron chi connectivity index (χ3n) is 3.65. The van der Waals surface area contributed by atoms with Crippen molar-refractivity contribution in [2.45, 2.75) is 6.92 Å². The third-order valence-corrected chi connectivity index (χ3v) is 3.65. The average Bonchev–Trinajstić information content (AvgIpc) is 3.27. The Morgan fingerprint density at radius 3 is 2.48 bits per heavy atom. The predicted octanol–water partition coefficient (Wildman–Crippen LogP) is 3.29. The minimum Gasteiger partial charge on any atom is -0.454 e. The van der Waals surface area contributed by atoms with E-state index in [0.29, 0.717) is 5.56 Å². The van der Waals surface area contributed by atoms with Gasteiger partial charge in [0.1, 0.15) is 23.0 Å². The molecule has 124 valence electrons. The lowest BCUT2D eigenvalue weighted by molar-refractivity contribution is 0.0472. The van der Waals surface area contributed by atoms with Crippen LogP contribution in [0.25, 0.3) is 5.88 Å². The average molecular weight is 334 g/mol. The summed E-state index contributed by atoms with van der Waals surface area (Å²) in [5, 5.41) is 9.42. The van der Waals surface area contributed by atoms with Crippen molar-refractivity contribution in [3.05, 3.63) is 77.3 Å². The molecule has 1 aromatic carbocycles. The van der Waals surface area contributed by atoms with Crippen LogP contribution >= 0.6 is 0 Å². The zero-order chi connectivity index (χ0) is 17.8. The second kappa shape index (κ2) is 6.89. The van der Waals surface area contributed by atoms with E-state index in [-0.39, 0.29) is 28.6 Å². The second-order valence-corrected chi connectivity index (χ2v) is 5.28. The highest BCUT2D eigenvalue weighted by Crippen LogP contribution is 2.26. The number of carbonyl (C=O) groups is 2. The summed E-state index contributed by atoms with van der Waals surface area (Å²) >= 11 is 0. The van der Waals surface area contributed by atoms with Crippen molar-refractivity contribution in [1.29, 1.82) is 5.26 Å². The molecule has 0 unspecified atom stereocenters. The summed E-state index contributed by atoms with van der Waals surface area (Å²) in [6.07, 6.45) is 3.40. The molecule has 6 heteroatoms. The summed E-state index contributed by atoms with van der Waals surface area (Å²) in [6, 6.07) is 14.1. The molecule has 3 rings (SSSR count). The Morgan fingerprint density at radius 2 is 1.84 bits per heavy atom. The molecular weight excluding hydrogens is 320 g/mol. The number of hydrogen-bond donors (Lipinski definition) is 0. The first-order valence-electron chi connectivity index (χ1n) is 7.54. The van der Waals surface area contributed by atoms with Crippen LogP contribution in [0.2, 0.25) is 0 Å². The molecule has 0 saturated carbocycles. The molecule has 3 aromatic rings. The number of esters is 1. The van der Waals surface area contributed by atoms with Crippen molar-refractivity contribution in [3.8, 4) is 12.0 Å². The number of carbonyl (C=O) groups excluding carboxylic acids is 2. The number of hydrogen-bond acceptors (Lipinski definition) is 5. The summed E-state index contributed by atoms with van der Waals surface area (Å²) in [7, 11) is 0. The first-order chi connectivity index (χ1) is 12.1. The van der Waals surface area contributed by atoms with Crippen LogP contribution in [0.5, 0.6) is 0 Å². The number of benzene rings is 1. The van der Waals surface area contributed by atoms with Crippen molar-refractivity contribution in [1.82, 2.24) is 4.57 Å². The number of ketones is 1. The minimum atomic E-state index is -0.763. The fourth-order valence-corrected chi connectivity index (χ4v) is 2.44. The summed E-state index contributed by atoms with van der Waals surface area (Å²) < 4.78 is 12.2. The molecule has 0 N–H and O–H groups in total. The lowest BCUT2D eigenvalue weighted by atomic mass is 10.1. The van der Waals surface area contributed by atoms with Gasteiger partial charge in [-0.25, -0.2) is 4.79 Å². The molecule has 0 bridgehead atoms. The van der Waals surface area contributed by atoms with Gasteiger partial charge in [0.15, 0.2) is 12.4 Å². The van der Waals surface area contributed by atoms with Gasteiger partial charge in [0.2, 0.25) is 5.88 Å². The van der Waals surface area contributed by atoms with E-state index in [1.165, 1.54) is 0 Å². The maximum Gasteiger partial charge on any atom is 0.343 e. The molecule has 2 heterocycles. The molecule has 0 saturated heterocycles. The summed E-state index contributed by atoms with van der Waals surface area (Å²) in [5.74, 6) is -0.580. The second-order valence-electron chi connectivity index (χ2n) is 5.28.